The predicted octanol–water partition coefficient (Wildman–Crippen LogP) is 3.28. The van der Waals surface area contributed by atoms with E-state index in [1.165, 1.54) is 6.07 Å². The van der Waals surface area contributed by atoms with Crippen molar-refractivity contribution in [2.24, 2.45) is 0 Å². The van der Waals surface area contributed by atoms with Gasteiger partial charge in [0, 0.05) is 19.2 Å². The number of ether oxygens (including phenoxy) is 1. The van der Waals surface area contributed by atoms with E-state index in [-0.39, 0.29) is 0 Å². The maximum absolute atomic E-state index is 13.9. The maximum atomic E-state index is 13.9. The first-order chi connectivity index (χ1) is 9.63. The normalized spacial score (nSPS) is 10.2. The SMILES string of the molecule is COc1ccc(CN(C)c2ccc(C=O)cc2F)cc1. The van der Waals surface area contributed by atoms with Gasteiger partial charge in [-0.05, 0) is 35.9 Å². The lowest BCUT2D eigenvalue weighted by Gasteiger charge is -2.20. The molecule has 0 radical (unpaired) electrons. The molecule has 4 heteroatoms. The molecule has 0 heterocycles. The van der Waals surface area contributed by atoms with Crippen molar-refractivity contribution in [3.8, 4) is 5.75 Å². The molecule has 0 amide bonds. The molecule has 2 aromatic rings. The van der Waals surface area contributed by atoms with E-state index in [0.717, 1.165) is 11.3 Å². The first kappa shape index (κ1) is 14.1. The summed E-state index contributed by atoms with van der Waals surface area (Å²) in [6, 6.07) is 12.1. The van der Waals surface area contributed by atoms with Crippen LogP contribution in [0.15, 0.2) is 42.5 Å². The average molecular weight is 273 g/mol. The molecule has 0 aliphatic carbocycles. The van der Waals surface area contributed by atoms with Crippen LogP contribution in [0.5, 0.6) is 5.75 Å². The maximum Gasteiger partial charge on any atom is 0.150 e. The summed E-state index contributed by atoms with van der Waals surface area (Å²) in [6.07, 6.45) is 0.635. The molecule has 0 bridgehead atoms. The summed E-state index contributed by atoms with van der Waals surface area (Å²) < 4.78 is 19.0. The topological polar surface area (TPSA) is 29.5 Å². The average Bonchev–Trinajstić information content (AvgIpc) is 2.47. The Morgan fingerprint density at radius 3 is 2.45 bits per heavy atom. The molecule has 0 spiro atoms. The molecule has 0 aliphatic rings. The molecule has 0 atom stereocenters. The molecule has 0 N–H and O–H groups in total. The highest BCUT2D eigenvalue weighted by molar-refractivity contribution is 5.75. The van der Waals surface area contributed by atoms with Crippen molar-refractivity contribution in [2.45, 2.75) is 6.54 Å². The monoisotopic (exact) mass is 273 g/mol. The fourth-order valence-electron chi connectivity index (χ4n) is 2.00. The van der Waals surface area contributed by atoms with E-state index < -0.39 is 5.82 Å². The van der Waals surface area contributed by atoms with Gasteiger partial charge in [-0.25, -0.2) is 4.39 Å². The van der Waals surface area contributed by atoms with Crippen LogP contribution in [-0.2, 0) is 6.54 Å². The smallest absolute Gasteiger partial charge is 0.150 e. The number of carbonyl (C=O) groups excluding carboxylic acids is 1. The minimum Gasteiger partial charge on any atom is -0.497 e. The summed E-state index contributed by atoms with van der Waals surface area (Å²) in [4.78, 5) is 12.4. The highest BCUT2D eigenvalue weighted by atomic mass is 19.1. The van der Waals surface area contributed by atoms with Crippen molar-refractivity contribution < 1.29 is 13.9 Å². The number of nitrogens with zero attached hydrogens (tertiary/aromatic N) is 1. The van der Waals surface area contributed by atoms with Gasteiger partial charge in [-0.1, -0.05) is 12.1 Å². The van der Waals surface area contributed by atoms with Crippen LogP contribution in [0, 0.1) is 5.82 Å². The third kappa shape index (κ3) is 3.15. The van der Waals surface area contributed by atoms with E-state index in [1.807, 2.05) is 31.3 Å². The van der Waals surface area contributed by atoms with Crippen LogP contribution in [0.3, 0.4) is 0 Å². The number of methoxy groups -OCH3 is 1. The predicted molar refractivity (Wildman–Crippen MR) is 76.9 cm³/mol. The Kier molecular flexibility index (Phi) is 4.35. The van der Waals surface area contributed by atoms with E-state index in [0.29, 0.717) is 24.1 Å². The summed E-state index contributed by atoms with van der Waals surface area (Å²) in [6.45, 7) is 0.571. The fraction of sp³-hybridized carbons (Fsp3) is 0.188. The number of aldehydes is 1. The Labute approximate surface area is 117 Å². The number of hydrogen-bond donors (Lipinski definition) is 0. The molecule has 2 aromatic carbocycles. The Morgan fingerprint density at radius 1 is 1.20 bits per heavy atom. The fourth-order valence-corrected chi connectivity index (χ4v) is 2.00. The second-order valence-electron chi connectivity index (χ2n) is 4.53. The minimum absolute atomic E-state index is 0.337. The number of hydrogen-bond acceptors (Lipinski definition) is 3. The van der Waals surface area contributed by atoms with E-state index in [9.17, 15) is 9.18 Å². The first-order valence-electron chi connectivity index (χ1n) is 6.23. The summed E-state index contributed by atoms with van der Waals surface area (Å²) in [7, 11) is 3.42. The number of anilines is 1. The van der Waals surface area contributed by atoms with Crippen LogP contribution in [0.4, 0.5) is 10.1 Å². The van der Waals surface area contributed by atoms with Crippen molar-refractivity contribution in [1.82, 2.24) is 0 Å². The van der Waals surface area contributed by atoms with Crippen LogP contribution in [0.1, 0.15) is 15.9 Å². The molecule has 0 fully saturated rings. The lowest BCUT2D eigenvalue weighted by molar-refractivity contribution is 0.112. The molecule has 0 aromatic heterocycles. The third-order valence-electron chi connectivity index (χ3n) is 3.10. The molecule has 104 valence electrons. The van der Waals surface area contributed by atoms with Gasteiger partial charge in [-0.2, -0.15) is 0 Å². The van der Waals surface area contributed by atoms with Gasteiger partial charge in [0.05, 0.1) is 12.8 Å². The molecule has 0 saturated carbocycles. The highest BCUT2D eigenvalue weighted by Gasteiger charge is 2.09. The molecule has 0 unspecified atom stereocenters. The largest absolute Gasteiger partial charge is 0.497 e. The second-order valence-corrected chi connectivity index (χ2v) is 4.53. The summed E-state index contributed by atoms with van der Waals surface area (Å²) in [5, 5.41) is 0. The van der Waals surface area contributed by atoms with Gasteiger partial charge in [-0.15, -0.1) is 0 Å². The van der Waals surface area contributed by atoms with Crippen LogP contribution in [0.2, 0.25) is 0 Å². The van der Waals surface area contributed by atoms with Gasteiger partial charge in [0.1, 0.15) is 17.9 Å². The highest BCUT2D eigenvalue weighted by Crippen LogP contribution is 2.21. The summed E-state index contributed by atoms with van der Waals surface area (Å²) in [5.74, 6) is 0.392. The van der Waals surface area contributed by atoms with Crippen molar-refractivity contribution >= 4 is 12.0 Å². The second kappa shape index (κ2) is 6.19. The number of carbonyl (C=O) groups is 1. The van der Waals surface area contributed by atoms with Crippen LogP contribution in [-0.4, -0.2) is 20.4 Å². The first-order valence-corrected chi connectivity index (χ1v) is 6.23. The van der Waals surface area contributed by atoms with Crippen LogP contribution >= 0.6 is 0 Å². The van der Waals surface area contributed by atoms with Crippen LogP contribution < -0.4 is 9.64 Å². The zero-order valence-electron chi connectivity index (χ0n) is 11.5. The standard InChI is InChI=1S/C16H16FNO2/c1-18(10-12-3-6-14(20-2)7-4-12)16-8-5-13(11-19)9-15(16)17/h3-9,11H,10H2,1-2H3. The number of halogens is 1. The number of benzene rings is 2. The van der Waals surface area contributed by atoms with Crippen molar-refractivity contribution in [1.29, 1.82) is 0 Å². The Bertz CT molecular complexity index is 596. The molecule has 3 nitrogen and oxygen atoms in total. The Hall–Kier alpha value is -2.36. The quantitative estimate of drug-likeness (QED) is 0.783. The molecule has 0 aliphatic heterocycles. The lowest BCUT2D eigenvalue weighted by Crippen LogP contribution is -2.17. The molecular formula is C16H16FNO2. The molecule has 2 rings (SSSR count). The molecular weight excluding hydrogens is 257 g/mol. The van der Waals surface area contributed by atoms with E-state index in [1.54, 1.807) is 24.1 Å². The van der Waals surface area contributed by atoms with Gasteiger partial charge in [0.25, 0.3) is 0 Å². The summed E-state index contributed by atoms with van der Waals surface area (Å²) >= 11 is 0. The lowest BCUT2D eigenvalue weighted by atomic mass is 10.1. The Balaban J connectivity index is 2.14. The van der Waals surface area contributed by atoms with Gasteiger partial charge in [-0.3, -0.25) is 4.79 Å². The van der Waals surface area contributed by atoms with E-state index in [2.05, 4.69) is 0 Å². The zero-order chi connectivity index (χ0) is 14.5. The molecule has 0 saturated heterocycles. The van der Waals surface area contributed by atoms with Gasteiger partial charge in [0.2, 0.25) is 0 Å². The summed E-state index contributed by atoms with van der Waals surface area (Å²) in [5.41, 5.74) is 1.85. The zero-order valence-corrected chi connectivity index (χ0v) is 11.5. The molecule has 20 heavy (non-hydrogen) atoms. The third-order valence-corrected chi connectivity index (χ3v) is 3.10. The Morgan fingerprint density at radius 2 is 1.90 bits per heavy atom. The minimum atomic E-state index is -0.398. The van der Waals surface area contributed by atoms with Gasteiger partial charge in [0.15, 0.2) is 0 Å². The van der Waals surface area contributed by atoms with E-state index in [4.69, 9.17) is 4.74 Å². The number of rotatable bonds is 5. The van der Waals surface area contributed by atoms with Gasteiger partial charge >= 0.3 is 0 Å². The van der Waals surface area contributed by atoms with E-state index >= 15 is 0 Å². The van der Waals surface area contributed by atoms with Crippen molar-refractivity contribution in [2.75, 3.05) is 19.1 Å². The van der Waals surface area contributed by atoms with Crippen LogP contribution in [0.25, 0.3) is 0 Å². The van der Waals surface area contributed by atoms with Crippen molar-refractivity contribution in [3.05, 3.63) is 59.4 Å². The van der Waals surface area contributed by atoms with Gasteiger partial charge < -0.3 is 9.64 Å². The van der Waals surface area contributed by atoms with Crippen molar-refractivity contribution in [3.63, 3.8) is 0 Å².